The van der Waals surface area contributed by atoms with Crippen LogP contribution in [-0.4, -0.2) is 47.0 Å². The van der Waals surface area contributed by atoms with Crippen LogP contribution in [0.5, 0.6) is 5.75 Å². The number of carbonyl (C=O) groups excluding carboxylic acids is 4. The van der Waals surface area contributed by atoms with Crippen molar-refractivity contribution in [2.45, 2.75) is 38.8 Å². The number of ketones is 2. The van der Waals surface area contributed by atoms with Gasteiger partial charge in [0.25, 0.3) is 11.8 Å². The van der Waals surface area contributed by atoms with E-state index in [1.54, 1.807) is 24.3 Å². The molecule has 1 aromatic carbocycles. The molecule has 1 saturated heterocycles. The molecule has 136 valence electrons. The number of amides is 2. The van der Waals surface area contributed by atoms with Crippen LogP contribution in [0.2, 0.25) is 0 Å². The van der Waals surface area contributed by atoms with Gasteiger partial charge in [0.05, 0.1) is 11.7 Å². The van der Waals surface area contributed by atoms with Gasteiger partial charge in [-0.05, 0) is 31.9 Å². The standard InChI is InChI=1S/C19H20N2O5/c1-11(22)14-8-9-15-17(19(25)21(15)18(14)12(2)23)20-16(24)10-26-13-6-4-3-5-7-13/h3-7,15,17H,8-10H2,1-2H3,(H,20,24)/t15?,17-/m0/s1. The Hall–Kier alpha value is -2.96. The Balaban J connectivity index is 1.64. The van der Waals surface area contributed by atoms with Gasteiger partial charge in [-0.2, -0.15) is 0 Å². The summed E-state index contributed by atoms with van der Waals surface area (Å²) < 4.78 is 5.37. The highest BCUT2D eigenvalue weighted by atomic mass is 16.5. The topological polar surface area (TPSA) is 92.8 Å². The molecule has 0 bridgehead atoms. The van der Waals surface area contributed by atoms with E-state index in [4.69, 9.17) is 4.74 Å². The van der Waals surface area contributed by atoms with Crippen molar-refractivity contribution in [2.75, 3.05) is 6.61 Å². The Labute approximate surface area is 151 Å². The average Bonchev–Trinajstić information content (AvgIpc) is 2.63. The maximum absolute atomic E-state index is 12.5. The van der Waals surface area contributed by atoms with E-state index in [-0.39, 0.29) is 35.8 Å². The lowest BCUT2D eigenvalue weighted by Gasteiger charge is -2.50. The number of ether oxygens (including phenoxy) is 1. The first kappa shape index (κ1) is 17.8. The molecule has 3 rings (SSSR count). The predicted molar refractivity (Wildman–Crippen MR) is 92.1 cm³/mol. The first-order valence-corrected chi connectivity index (χ1v) is 8.45. The first-order chi connectivity index (χ1) is 12.4. The highest BCUT2D eigenvalue weighted by Gasteiger charge is 2.53. The van der Waals surface area contributed by atoms with Crippen molar-refractivity contribution in [1.82, 2.24) is 10.2 Å². The van der Waals surface area contributed by atoms with Crippen LogP contribution in [0.4, 0.5) is 0 Å². The van der Waals surface area contributed by atoms with Gasteiger partial charge in [-0.1, -0.05) is 18.2 Å². The summed E-state index contributed by atoms with van der Waals surface area (Å²) in [5.74, 6) is -0.727. The highest BCUT2D eigenvalue weighted by Crippen LogP contribution is 2.37. The SMILES string of the molecule is CC(=O)C1=C(C(C)=O)N2C(=O)[C@@H](NC(=O)COc3ccccc3)C2CC1. The Morgan fingerprint density at radius 2 is 1.85 bits per heavy atom. The highest BCUT2D eigenvalue weighted by molar-refractivity contribution is 6.09. The van der Waals surface area contributed by atoms with E-state index in [0.717, 1.165) is 0 Å². The quantitative estimate of drug-likeness (QED) is 0.767. The molecule has 7 heteroatoms. The zero-order chi connectivity index (χ0) is 18.8. The van der Waals surface area contributed by atoms with Gasteiger partial charge >= 0.3 is 0 Å². The second-order valence-electron chi connectivity index (χ2n) is 6.40. The molecule has 26 heavy (non-hydrogen) atoms. The maximum atomic E-state index is 12.5. The summed E-state index contributed by atoms with van der Waals surface area (Å²) in [5.41, 5.74) is 0.559. The average molecular weight is 356 g/mol. The van der Waals surface area contributed by atoms with Gasteiger partial charge in [-0.15, -0.1) is 0 Å². The van der Waals surface area contributed by atoms with Crippen LogP contribution < -0.4 is 10.1 Å². The predicted octanol–water partition coefficient (Wildman–Crippen LogP) is 0.987. The van der Waals surface area contributed by atoms with E-state index < -0.39 is 11.9 Å². The fourth-order valence-corrected chi connectivity index (χ4v) is 3.44. The smallest absolute Gasteiger partial charge is 0.258 e. The molecule has 2 atom stereocenters. The summed E-state index contributed by atoms with van der Waals surface area (Å²) in [7, 11) is 0. The monoisotopic (exact) mass is 356 g/mol. The molecular formula is C19H20N2O5. The summed E-state index contributed by atoms with van der Waals surface area (Å²) >= 11 is 0. The molecule has 2 aliphatic heterocycles. The fraction of sp³-hybridized carbons (Fsp3) is 0.368. The van der Waals surface area contributed by atoms with E-state index in [1.807, 2.05) is 6.07 Å². The lowest BCUT2D eigenvalue weighted by atomic mass is 9.82. The van der Waals surface area contributed by atoms with Crippen molar-refractivity contribution in [2.24, 2.45) is 0 Å². The van der Waals surface area contributed by atoms with E-state index >= 15 is 0 Å². The van der Waals surface area contributed by atoms with E-state index in [2.05, 4.69) is 5.32 Å². The Kier molecular flexibility index (Phi) is 4.88. The number of Topliss-reactive ketones (excluding diaryl/α,β-unsaturated/α-hetero) is 2. The lowest BCUT2D eigenvalue weighted by molar-refractivity contribution is -0.153. The lowest BCUT2D eigenvalue weighted by Crippen LogP contribution is -2.72. The molecular weight excluding hydrogens is 336 g/mol. The van der Waals surface area contributed by atoms with Gasteiger partial charge in [0, 0.05) is 12.5 Å². The third kappa shape index (κ3) is 3.24. The second-order valence-corrected chi connectivity index (χ2v) is 6.40. The summed E-state index contributed by atoms with van der Waals surface area (Å²) in [5, 5.41) is 2.67. The van der Waals surface area contributed by atoms with Gasteiger partial charge in [0.1, 0.15) is 11.8 Å². The second kappa shape index (κ2) is 7.11. The van der Waals surface area contributed by atoms with Crippen LogP contribution in [0.1, 0.15) is 26.7 Å². The zero-order valence-corrected chi connectivity index (χ0v) is 14.7. The van der Waals surface area contributed by atoms with Crippen LogP contribution in [-0.2, 0) is 19.2 Å². The number of carbonyl (C=O) groups is 4. The zero-order valence-electron chi connectivity index (χ0n) is 14.7. The van der Waals surface area contributed by atoms with Crippen molar-refractivity contribution in [3.05, 3.63) is 41.6 Å². The van der Waals surface area contributed by atoms with Gasteiger partial charge in [0.2, 0.25) is 0 Å². The van der Waals surface area contributed by atoms with Gasteiger partial charge < -0.3 is 15.0 Å². The van der Waals surface area contributed by atoms with Crippen LogP contribution in [0, 0.1) is 0 Å². The van der Waals surface area contributed by atoms with Crippen LogP contribution in [0.25, 0.3) is 0 Å². The van der Waals surface area contributed by atoms with Crippen LogP contribution in [0.15, 0.2) is 41.6 Å². The minimum Gasteiger partial charge on any atom is -0.484 e. The van der Waals surface area contributed by atoms with Gasteiger partial charge in [-0.3, -0.25) is 19.2 Å². The molecule has 0 spiro atoms. The number of hydrogen-bond acceptors (Lipinski definition) is 5. The fourth-order valence-electron chi connectivity index (χ4n) is 3.44. The molecule has 7 nitrogen and oxygen atoms in total. The Morgan fingerprint density at radius 1 is 1.15 bits per heavy atom. The summed E-state index contributed by atoms with van der Waals surface area (Å²) in [6, 6.07) is 7.91. The number of fused-ring (bicyclic) bond motifs is 1. The van der Waals surface area contributed by atoms with Crippen molar-refractivity contribution < 1.29 is 23.9 Å². The summed E-state index contributed by atoms with van der Waals surface area (Å²) in [6.07, 6.45) is 0.952. The third-order valence-corrected chi connectivity index (χ3v) is 4.62. The number of allylic oxidation sites excluding steroid dienone is 2. The van der Waals surface area contributed by atoms with E-state index in [1.165, 1.54) is 18.7 Å². The van der Waals surface area contributed by atoms with E-state index in [9.17, 15) is 19.2 Å². The van der Waals surface area contributed by atoms with Crippen molar-refractivity contribution >= 4 is 23.4 Å². The molecule has 2 heterocycles. The molecule has 0 aliphatic carbocycles. The first-order valence-electron chi connectivity index (χ1n) is 8.45. The number of para-hydroxylation sites is 1. The van der Waals surface area contributed by atoms with Gasteiger partial charge in [0.15, 0.2) is 18.2 Å². The third-order valence-electron chi connectivity index (χ3n) is 4.62. The minimum atomic E-state index is -0.690. The minimum absolute atomic E-state index is 0.171. The van der Waals surface area contributed by atoms with Crippen molar-refractivity contribution in [1.29, 1.82) is 0 Å². The van der Waals surface area contributed by atoms with E-state index in [0.29, 0.717) is 24.2 Å². The number of rotatable bonds is 6. The molecule has 1 unspecified atom stereocenters. The number of hydrogen-bond donors (Lipinski definition) is 1. The number of benzene rings is 1. The molecule has 2 amide bonds. The number of nitrogens with one attached hydrogen (secondary N) is 1. The van der Waals surface area contributed by atoms with Crippen LogP contribution >= 0.6 is 0 Å². The normalized spacial score (nSPS) is 21.6. The summed E-state index contributed by atoms with van der Waals surface area (Å²) in [6.45, 7) is 2.53. The molecule has 2 aliphatic rings. The number of nitrogens with zero attached hydrogens (tertiary/aromatic N) is 1. The molecule has 0 saturated carbocycles. The summed E-state index contributed by atoms with van der Waals surface area (Å²) in [4.78, 5) is 49.6. The van der Waals surface area contributed by atoms with Gasteiger partial charge in [-0.25, -0.2) is 0 Å². The van der Waals surface area contributed by atoms with Crippen molar-refractivity contribution in [3.63, 3.8) is 0 Å². The molecule has 0 aromatic heterocycles. The molecule has 1 N–H and O–H groups in total. The molecule has 0 radical (unpaired) electrons. The Morgan fingerprint density at radius 3 is 2.46 bits per heavy atom. The number of β-lactam (4-membered cyclic amide) rings is 1. The largest absolute Gasteiger partial charge is 0.484 e. The Bertz CT molecular complexity index is 799. The maximum Gasteiger partial charge on any atom is 0.258 e. The van der Waals surface area contributed by atoms with Crippen LogP contribution in [0.3, 0.4) is 0 Å². The molecule has 1 aromatic rings. The van der Waals surface area contributed by atoms with Crippen molar-refractivity contribution in [3.8, 4) is 5.75 Å². The molecule has 1 fully saturated rings.